The van der Waals surface area contributed by atoms with E-state index in [0.29, 0.717) is 43.7 Å². The van der Waals surface area contributed by atoms with Gasteiger partial charge in [-0.15, -0.1) is 0 Å². The van der Waals surface area contributed by atoms with Gasteiger partial charge in [-0.3, -0.25) is 14.4 Å². The summed E-state index contributed by atoms with van der Waals surface area (Å²) in [6.45, 7) is 1.05. The molecule has 0 aromatic heterocycles. The summed E-state index contributed by atoms with van der Waals surface area (Å²) < 4.78 is 0. The number of aliphatic hydroxyl groups is 1. The minimum atomic E-state index is -0.752. The molecule has 1 saturated heterocycles. The van der Waals surface area contributed by atoms with Crippen LogP contribution in [0.2, 0.25) is 0 Å². The Labute approximate surface area is 176 Å². The van der Waals surface area contributed by atoms with E-state index in [1.807, 2.05) is 36.4 Å². The van der Waals surface area contributed by atoms with Crippen molar-refractivity contribution in [3.8, 4) is 0 Å². The molecule has 1 fully saturated rings. The minimum Gasteiger partial charge on any atom is -0.396 e. The van der Waals surface area contributed by atoms with Crippen LogP contribution in [0.15, 0.2) is 54.6 Å². The lowest BCUT2D eigenvalue weighted by Crippen LogP contribution is -2.36. The zero-order chi connectivity index (χ0) is 21.3. The molecule has 0 bridgehead atoms. The van der Waals surface area contributed by atoms with Crippen molar-refractivity contribution >= 4 is 29.1 Å². The molecule has 1 heterocycles. The molecule has 1 aliphatic rings. The average molecular weight is 409 g/mol. The second kappa shape index (κ2) is 10.5. The first-order chi connectivity index (χ1) is 14.6. The molecule has 30 heavy (non-hydrogen) atoms. The molecule has 3 amide bonds. The van der Waals surface area contributed by atoms with E-state index in [0.717, 1.165) is 12.0 Å². The zero-order valence-electron chi connectivity index (χ0n) is 16.8. The number of rotatable bonds is 8. The summed E-state index contributed by atoms with van der Waals surface area (Å²) in [5.41, 5.74) is 2.28. The molecule has 0 radical (unpaired) electrons. The predicted octanol–water partition coefficient (Wildman–Crippen LogP) is 2.42. The smallest absolute Gasteiger partial charge is 0.313 e. The molecule has 0 spiro atoms. The van der Waals surface area contributed by atoms with Gasteiger partial charge in [0.2, 0.25) is 5.91 Å². The van der Waals surface area contributed by atoms with Crippen molar-refractivity contribution in [2.24, 2.45) is 0 Å². The van der Waals surface area contributed by atoms with Gasteiger partial charge >= 0.3 is 11.8 Å². The summed E-state index contributed by atoms with van der Waals surface area (Å²) in [4.78, 5) is 38.0. The van der Waals surface area contributed by atoms with E-state index in [9.17, 15) is 19.5 Å². The van der Waals surface area contributed by atoms with E-state index in [1.54, 1.807) is 23.1 Å². The van der Waals surface area contributed by atoms with Crippen molar-refractivity contribution in [1.29, 1.82) is 0 Å². The van der Waals surface area contributed by atoms with E-state index < -0.39 is 11.8 Å². The van der Waals surface area contributed by atoms with Crippen molar-refractivity contribution in [1.82, 2.24) is 5.32 Å². The lowest BCUT2D eigenvalue weighted by atomic mass is 9.93. The number of carbonyl (C=O) groups is 3. The molecule has 3 rings (SSSR count). The van der Waals surface area contributed by atoms with Crippen molar-refractivity contribution in [2.45, 2.75) is 31.6 Å². The lowest BCUT2D eigenvalue weighted by Gasteiger charge is -2.17. The van der Waals surface area contributed by atoms with Crippen LogP contribution in [0.4, 0.5) is 11.4 Å². The van der Waals surface area contributed by atoms with Crippen LogP contribution >= 0.6 is 0 Å². The number of benzene rings is 2. The highest BCUT2D eigenvalue weighted by Gasteiger charge is 2.22. The summed E-state index contributed by atoms with van der Waals surface area (Å²) in [6.07, 6.45) is 2.56. The first-order valence-electron chi connectivity index (χ1n) is 10.2. The Bertz CT molecular complexity index is 885. The van der Waals surface area contributed by atoms with Gasteiger partial charge in [0.05, 0.1) is 0 Å². The van der Waals surface area contributed by atoms with E-state index in [1.165, 1.54) is 0 Å². The first-order valence-corrected chi connectivity index (χ1v) is 10.2. The van der Waals surface area contributed by atoms with Crippen LogP contribution in [0.1, 0.15) is 37.2 Å². The van der Waals surface area contributed by atoms with Gasteiger partial charge in [-0.25, -0.2) is 0 Å². The van der Waals surface area contributed by atoms with Crippen LogP contribution in [-0.2, 0) is 14.4 Å². The molecular weight excluding hydrogens is 382 g/mol. The molecule has 1 atom stereocenters. The van der Waals surface area contributed by atoms with Gasteiger partial charge in [-0.2, -0.15) is 0 Å². The lowest BCUT2D eigenvalue weighted by molar-refractivity contribution is -0.136. The van der Waals surface area contributed by atoms with Crippen LogP contribution in [0, 0.1) is 0 Å². The average Bonchev–Trinajstić information content (AvgIpc) is 3.19. The Morgan fingerprint density at radius 2 is 1.83 bits per heavy atom. The summed E-state index contributed by atoms with van der Waals surface area (Å²) in [5, 5.41) is 14.5. The highest BCUT2D eigenvalue weighted by atomic mass is 16.3. The van der Waals surface area contributed by atoms with Gasteiger partial charge in [0.25, 0.3) is 0 Å². The van der Waals surface area contributed by atoms with Crippen LogP contribution in [0.25, 0.3) is 0 Å². The van der Waals surface area contributed by atoms with Crippen molar-refractivity contribution in [2.75, 3.05) is 29.9 Å². The standard InChI is InChI=1S/C23H27N3O4/c27-15-12-18(17-6-2-1-3-7-17)11-13-24-22(29)23(30)25-19-8-4-9-20(16-19)26-14-5-10-21(26)28/h1-4,6-9,16,18,27H,5,10-15H2,(H,24,29)(H,25,30)/t18-/m1/s1. The van der Waals surface area contributed by atoms with Gasteiger partial charge < -0.3 is 20.6 Å². The fraction of sp³-hybridized carbons (Fsp3) is 0.348. The van der Waals surface area contributed by atoms with E-state index >= 15 is 0 Å². The number of hydrogen-bond acceptors (Lipinski definition) is 4. The molecule has 0 saturated carbocycles. The highest BCUT2D eigenvalue weighted by molar-refractivity contribution is 6.39. The Balaban J connectivity index is 1.51. The highest BCUT2D eigenvalue weighted by Crippen LogP contribution is 2.24. The predicted molar refractivity (Wildman–Crippen MR) is 115 cm³/mol. The van der Waals surface area contributed by atoms with E-state index in [4.69, 9.17) is 0 Å². The molecular formula is C23H27N3O4. The summed E-state index contributed by atoms with van der Waals surface area (Å²) in [6, 6.07) is 16.7. The van der Waals surface area contributed by atoms with Crippen molar-refractivity contribution < 1.29 is 19.5 Å². The van der Waals surface area contributed by atoms with Gasteiger partial charge in [-0.05, 0) is 48.9 Å². The van der Waals surface area contributed by atoms with Gasteiger partial charge in [0.15, 0.2) is 0 Å². The molecule has 0 aliphatic carbocycles. The number of anilines is 2. The van der Waals surface area contributed by atoms with Gasteiger partial charge in [-0.1, -0.05) is 36.4 Å². The Morgan fingerprint density at radius 1 is 1.03 bits per heavy atom. The van der Waals surface area contributed by atoms with Crippen LogP contribution in [-0.4, -0.2) is 42.5 Å². The Morgan fingerprint density at radius 3 is 2.53 bits per heavy atom. The molecule has 7 nitrogen and oxygen atoms in total. The first kappa shape index (κ1) is 21.5. The van der Waals surface area contributed by atoms with Crippen molar-refractivity contribution in [3.63, 3.8) is 0 Å². The summed E-state index contributed by atoms with van der Waals surface area (Å²) in [5.74, 6) is -1.30. The third-order valence-corrected chi connectivity index (χ3v) is 5.22. The maximum atomic E-state index is 12.2. The number of carbonyl (C=O) groups excluding carboxylic acids is 3. The Hall–Kier alpha value is -3.19. The topological polar surface area (TPSA) is 98.7 Å². The Kier molecular flexibility index (Phi) is 7.57. The van der Waals surface area contributed by atoms with E-state index in [2.05, 4.69) is 10.6 Å². The van der Waals surface area contributed by atoms with Crippen LogP contribution in [0.5, 0.6) is 0 Å². The second-order valence-corrected chi connectivity index (χ2v) is 7.32. The molecule has 1 aliphatic heterocycles. The monoisotopic (exact) mass is 409 g/mol. The third kappa shape index (κ3) is 5.67. The molecule has 158 valence electrons. The number of nitrogens with zero attached hydrogens (tertiary/aromatic N) is 1. The van der Waals surface area contributed by atoms with E-state index in [-0.39, 0.29) is 18.4 Å². The van der Waals surface area contributed by atoms with Crippen LogP contribution < -0.4 is 15.5 Å². The normalized spacial score (nSPS) is 14.4. The number of hydrogen-bond donors (Lipinski definition) is 3. The molecule has 3 N–H and O–H groups in total. The number of aliphatic hydroxyl groups excluding tert-OH is 1. The summed E-state index contributed by atoms with van der Waals surface area (Å²) in [7, 11) is 0. The molecule has 7 heteroatoms. The van der Waals surface area contributed by atoms with Crippen LogP contribution in [0.3, 0.4) is 0 Å². The van der Waals surface area contributed by atoms with Crippen molar-refractivity contribution in [3.05, 3.63) is 60.2 Å². The SMILES string of the molecule is O=C(NCC[C@H](CCO)c1ccccc1)C(=O)Nc1cccc(N2CCCC2=O)c1. The maximum Gasteiger partial charge on any atom is 0.313 e. The second-order valence-electron chi connectivity index (χ2n) is 7.32. The van der Waals surface area contributed by atoms with Gasteiger partial charge in [0, 0.05) is 37.5 Å². The summed E-state index contributed by atoms with van der Waals surface area (Å²) >= 11 is 0. The maximum absolute atomic E-state index is 12.2. The fourth-order valence-electron chi connectivity index (χ4n) is 3.66. The zero-order valence-corrected chi connectivity index (χ0v) is 16.8. The quantitative estimate of drug-likeness (QED) is 0.583. The number of nitrogens with one attached hydrogen (secondary N) is 2. The molecule has 2 aromatic rings. The number of amides is 3. The molecule has 0 unspecified atom stereocenters. The molecule has 2 aromatic carbocycles. The minimum absolute atomic E-state index is 0.0594. The van der Waals surface area contributed by atoms with Gasteiger partial charge in [0.1, 0.15) is 0 Å². The largest absolute Gasteiger partial charge is 0.396 e. The third-order valence-electron chi connectivity index (χ3n) is 5.22. The fourth-order valence-corrected chi connectivity index (χ4v) is 3.66.